The monoisotopic (exact) mass is 361 g/mol. The van der Waals surface area contributed by atoms with Crippen LogP contribution >= 0.6 is 11.6 Å². The molecule has 1 aromatic carbocycles. The van der Waals surface area contributed by atoms with Crippen LogP contribution in [0, 0.1) is 16.0 Å². The van der Waals surface area contributed by atoms with Crippen molar-refractivity contribution in [1.29, 1.82) is 0 Å². The first kappa shape index (κ1) is 18.1. The lowest BCUT2D eigenvalue weighted by Crippen LogP contribution is -2.41. The van der Waals surface area contributed by atoms with Crippen LogP contribution in [0.1, 0.15) is 19.8 Å². The molecule has 0 bridgehead atoms. The summed E-state index contributed by atoms with van der Waals surface area (Å²) in [5.41, 5.74) is -0.479. The van der Waals surface area contributed by atoms with Gasteiger partial charge in [-0.2, -0.15) is 4.31 Å². The maximum Gasteiger partial charge on any atom is 0.290 e. The molecular weight excluding hydrogens is 342 g/mol. The van der Waals surface area contributed by atoms with Gasteiger partial charge < -0.3 is 5.32 Å². The number of nitro benzene ring substituents is 1. The molecule has 1 fully saturated rings. The van der Waals surface area contributed by atoms with Crippen LogP contribution in [0.3, 0.4) is 0 Å². The van der Waals surface area contributed by atoms with Crippen molar-refractivity contribution in [2.75, 3.05) is 26.2 Å². The van der Waals surface area contributed by atoms with Crippen molar-refractivity contribution in [3.63, 3.8) is 0 Å². The van der Waals surface area contributed by atoms with Gasteiger partial charge in [-0.3, -0.25) is 10.1 Å². The van der Waals surface area contributed by atoms with E-state index >= 15 is 0 Å². The highest BCUT2D eigenvalue weighted by molar-refractivity contribution is 7.89. The molecule has 0 aliphatic carbocycles. The van der Waals surface area contributed by atoms with Crippen LogP contribution < -0.4 is 5.32 Å². The number of piperidine rings is 1. The van der Waals surface area contributed by atoms with Gasteiger partial charge in [0.15, 0.2) is 4.90 Å². The summed E-state index contributed by atoms with van der Waals surface area (Å²) >= 11 is 5.95. The molecule has 7 nitrogen and oxygen atoms in total. The van der Waals surface area contributed by atoms with Gasteiger partial charge in [-0.15, -0.1) is 0 Å². The maximum atomic E-state index is 12.8. The van der Waals surface area contributed by atoms with Gasteiger partial charge in [-0.1, -0.05) is 24.6 Å². The van der Waals surface area contributed by atoms with Crippen molar-refractivity contribution in [2.24, 2.45) is 5.92 Å². The molecule has 0 amide bonds. The molecule has 1 saturated heterocycles. The van der Waals surface area contributed by atoms with E-state index in [1.807, 2.05) is 6.92 Å². The van der Waals surface area contributed by atoms with Gasteiger partial charge in [-0.05, 0) is 37.9 Å². The molecular formula is C14H20ClN3O4S. The normalized spacial score (nSPS) is 17.3. The third-order valence-electron chi connectivity index (χ3n) is 4.00. The summed E-state index contributed by atoms with van der Waals surface area (Å²) in [6, 6.07) is 3.90. The number of nitrogens with one attached hydrogen (secondary N) is 1. The lowest BCUT2D eigenvalue weighted by molar-refractivity contribution is -0.387. The van der Waals surface area contributed by atoms with Gasteiger partial charge in [0.1, 0.15) is 0 Å². The van der Waals surface area contributed by atoms with Crippen molar-refractivity contribution >= 4 is 27.3 Å². The molecule has 1 N–H and O–H groups in total. The Balaban J connectivity index is 2.23. The van der Waals surface area contributed by atoms with Crippen LogP contribution in [0.15, 0.2) is 23.1 Å². The van der Waals surface area contributed by atoms with Crippen LogP contribution in [-0.2, 0) is 10.0 Å². The van der Waals surface area contributed by atoms with E-state index in [1.54, 1.807) is 0 Å². The van der Waals surface area contributed by atoms with Crippen molar-refractivity contribution in [3.8, 4) is 0 Å². The molecule has 0 aromatic heterocycles. The Morgan fingerprint density at radius 2 is 2.04 bits per heavy atom. The fourth-order valence-corrected chi connectivity index (χ4v) is 4.86. The predicted molar refractivity (Wildman–Crippen MR) is 88.1 cm³/mol. The van der Waals surface area contributed by atoms with Crippen molar-refractivity contribution in [1.82, 2.24) is 9.62 Å². The van der Waals surface area contributed by atoms with Gasteiger partial charge >= 0.3 is 0 Å². The molecule has 1 heterocycles. The number of nitrogens with zero attached hydrogens (tertiary/aromatic N) is 2. The van der Waals surface area contributed by atoms with Crippen LogP contribution in [0.25, 0.3) is 0 Å². The van der Waals surface area contributed by atoms with Crippen molar-refractivity contribution in [2.45, 2.75) is 24.7 Å². The van der Waals surface area contributed by atoms with Gasteiger partial charge in [0, 0.05) is 19.2 Å². The van der Waals surface area contributed by atoms with Gasteiger partial charge in [0.05, 0.1) is 9.95 Å². The number of sulfonamides is 1. The number of hydrogen-bond donors (Lipinski definition) is 1. The Morgan fingerprint density at radius 3 is 2.61 bits per heavy atom. The van der Waals surface area contributed by atoms with Crippen LogP contribution in [-0.4, -0.2) is 43.8 Å². The zero-order chi connectivity index (χ0) is 17.0. The molecule has 23 heavy (non-hydrogen) atoms. The van der Waals surface area contributed by atoms with Gasteiger partial charge in [0.25, 0.3) is 15.7 Å². The fourth-order valence-electron chi connectivity index (χ4n) is 2.73. The Labute approximate surface area is 140 Å². The topological polar surface area (TPSA) is 92.6 Å². The largest absolute Gasteiger partial charge is 0.317 e. The average molecular weight is 362 g/mol. The quantitative estimate of drug-likeness (QED) is 0.619. The van der Waals surface area contributed by atoms with Crippen molar-refractivity contribution in [3.05, 3.63) is 33.3 Å². The first-order chi connectivity index (χ1) is 10.9. The minimum Gasteiger partial charge on any atom is -0.317 e. The summed E-state index contributed by atoms with van der Waals surface area (Å²) in [6.07, 6.45) is 1.45. The van der Waals surface area contributed by atoms with E-state index in [9.17, 15) is 18.5 Å². The molecule has 1 aliphatic rings. The number of hydrogen-bond acceptors (Lipinski definition) is 5. The summed E-state index contributed by atoms with van der Waals surface area (Å²) in [4.78, 5) is 10.0. The molecule has 2 rings (SSSR count). The van der Waals surface area contributed by atoms with Gasteiger partial charge in [0.2, 0.25) is 0 Å². The first-order valence-electron chi connectivity index (χ1n) is 7.51. The molecule has 0 radical (unpaired) electrons. The first-order valence-corrected chi connectivity index (χ1v) is 9.33. The summed E-state index contributed by atoms with van der Waals surface area (Å²) < 4.78 is 26.8. The lowest BCUT2D eigenvalue weighted by atomic mass is 9.98. The minimum atomic E-state index is -3.97. The Bertz CT molecular complexity index is 673. The summed E-state index contributed by atoms with van der Waals surface area (Å²) in [5.74, 6) is 0.419. The Hall–Kier alpha value is -1.22. The number of benzene rings is 1. The standard InChI is InChI=1S/C14H20ClN3O4S/c1-2-16-10-11-6-8-17(9-7-11)23(21,22)14-12(15)4-3-5-13(14)18(19)20/h3-5,11,16H,2,6-10H2,1H3. The van der Waals surface area contributed by atoms with Gasteiger partial charge in [-0.25, -0.2) is 8.42 Å². The molecule has 0 spiro atoms. The Morgan fingerprint density at radius 1 is 1.39 bits per heavy atom. The third kappa shape index (κ3) is 4.00. The van der Waals surface area contributed by atoms with Crippen LogP contribution in [0.4, 0.5) is 5.69 Å². The summed E-state index contributed by atoms with van der Waals surface area (Å²) in [7, 11) is -3.97. The van der Waals surface area contributed by atoms with E-state index < -0.39 is 25.5 Å². The van der Waals surface area contributed by atoms with E-state index in [4.69, 9.17) is 11.6 Å². The molecule has 0 atom stereocenters. The summed E-state index contributed by atoms with van der Waals surface area (Å²) in [6.45, 7) is 4.46. The van der Waals surface area contributed by atoms with Crippen LogP contribution in [0.5, 0.6) is 0 Å². The zero-order valence-electron chi connectivity index (χ0n) is 12.9. The van der Waals surface area contributed by atoms with E-state index in [0.29, 0.717) is 19.0 Å². The number of nitro groups is 1. The predicted octanol–water partition coefficient (Wildman–Crippen LogP) is 2.26. The minimum absolute atomic E-state index is 0.117. The highest BCUT2D eigenvalue weighted by atomic mass is 35.5. The second kappa shape index (κ2) is 7.57. The SMILES string of the molecule is CCNCC1CCN(S(=O)(=O)c2c(Cl)cccc2[N+](=O)[O-])CC1. The second-order valence-corrected chi connectivity index (χ2v) is 7.78. The van der Waals surface area contributed by atoms with Crippen molar-refractivity contribution < 1.29 is 13.3 Å². The molecule has 1 aromatic rings. The highest BCUT2D eigenvalue weighted by Gasteiger charge is 2.36. The lowest BCUT2D eigenvalue weighted by Gasteiger charge is -2.31. The smallest absolute Gasteiger partial charge is 0.290 e. The number of rotatable bonds is 6. The molecule has 1 aliphatic heterocycles. The maximum absolute atomic E-state index is 12.8. The molecule has 128 valence electrons. The highest BCUT2D eigenvalue weighted by Crippen LogP contribution is 2.34. The molecule has 0 unspecified atom stereocenters. The fraction of sp³-hybridized carbons (Fsp3) is 0.571. The van der Waals surface area contributed by atoms with E-state index in [1.165, 1.54) is 16.4 Å². The molecule has 0 saturated carbocycles. The number of halogens is 1. The van der Waals surface area contributed by atoms with E-state index in [-0.39, 0.29) is 5.02 Å². The second-order valence-electron chi connectivity index (χ2n) is 5.50. The van der Waals surface area contributed by atoms with E-state index in [0.717, 1.165) is 32.0 Å². The van der Waals surface area contributed by atoms with Crippen LogP contribution in [0.2, 0.25) is 5.02 Å². The average Bonchev–Trinajstić information content (AvgIpc) is 2.52. The Kier molecular flexibility index (Phi) is 5.96. The zero-order valence-corrected chi connectivity index (χ0v) is 14.4. The molecule has 9 heteroatoms. The van der Waals surface area contributed by atoms with E-state index in [2.05, 4.69) is 5.32 Å². The third-order valence-corrected chi connectivity index (χ3v) is 6.41. The summed E-state index contributed by atoms with van der Waals surface area (Å²) in [5, 5.41) is 14.3.